The topological polar surface area (TPSA) is 86.7 Å². The number of carbonyl (C=O) groups is 3. The predicted molar refractivity (Wildman–Crippen MR) is 87.1 cm³/mol. The van der Waals surface area contributed by atoms with Crippen LogP contribution in [0.1, 0.15) is 31.4 Å². The highest BCUT2D eigenvalue weighted by molar-refractivity contribution is 5.85. The van der Waals surface area contributed by atoms with Crippen LogP contribution in [0.15, 0.2) is 18.2 Å². The predicted octanol–water partition coefficient (Wildman–Crippen LogP) is 1.89. The summed E-state index contributed by atoms with van der Waals surface area (Å²) in [7, 11) is 0. The quantitative estimate of drug-likeness (QED) is 0.821. The van der Waals surface area contributed by atoms with Gasteiger partial charge in [0.05, 0.1) is 18.4 Å². The number of carboxylic acid groups (broad SMARTS) is 1. The zero-order valence-electron chi connectivity index (χ0n) is 13.5. The van der Waals surface area contributed by atoms with Crippen molar-refractivity contribution >= 4 is 30.2 Å². The lowest BCUT2D eigenvalue weighted by molar-refractivity contribution is -0.141. The molecule has 2 rings (SSSR count). The third-order valence-electron chi connectivity index (χ3n) is 3.99. The molecule has 2 amide bonds. The maximum Gasteiger partial charge on any atom is 0.308 e. The molecule has 0 aromatic heterocycles. The zero-order chi connectivity index (χ0) is 17.9. The fraction of sp³-hybridized carbons (Fsp3) is 0.438. The first kappa shape index (κ1) is 20.8. The molecule has 1 aromatic rings. The Morgan fingerprint density at radius 2 is 1.92 bits per heavy atom. The summed E-state index contributed by atoms with van der Waals surface area (Å²) in [5.41, 5.74) is -0.380. The Labute approximate surface area is 149 Å². The number of hydrogen-bond donors (Lipinski definition) is 2. The summed E-state index contributed by atoms with van der Waals surface area (Å²) in [5.74, 6) is -4.32. The molecule has 138 valence electrons. The number of rotatable bonds is 5. The van der Waals surface area contributed by atoms with Gasteiger partial charge in [0.1, 0.15) is 11.6 Å². The zero-order valence-corrected chi connectivity index (χ0v) is 14.3. The number of carboxylic acids is 1. The van der Waals surface area contributed by atoms with Gasteiger partial charge in [0.2, 0.25) is 11.8 Å². The molecule has 25 heavy (non-hydrogen) atoms. The number of amides is 2. The van der Waals surface area contributed by atoms with Crippen molar-refractivity contribution in [2.24, 2.45) is 5.92 Å². The molecule has 0 spiro atoms. The summed E-state index contributed by atoms with van der Waals surface area (Å²) in [6.45, 7) is 1.51. The second-order valence-electron chi connectivity index (χ2n) is 5.76. The number of benzene rings is 1. The summed E-state index contributed by atoms with van der Waals surface area (Å²) >= 11 is 0. The third kappa shape index (κ3) is 5.12. The van der Waals surface area contributed by atoms with Crippen LogP contribution in [-0.4, -0.2) is 40.9 Å². The first-order chi connectivity index (χ1) is 11.3. The molecular weight excluding hydrogens is 358 g/mol. The SMILES string of the molecule is CC(=O)NC(CC(=O)N1CCC(C(=O)O)C1)c1c(F)cccc1F.Cl. The minimum absolute atomic E-state index is 0. The number of nitrogens with one attached hydrogen (secondary N) is 1. The Balaban J connectivity index is 0.00000312. The number of halogens is 3. The molecule has 1 saturated heterocycles. The molecule has 0 aliphatic carbocycles. The van der Waals surface area contributed by atoms with Crippen LogP contribution >= 0.6 is 12.4 Å². The fourth-order valence-corrected chi connectivity index (χ4v) is 2.81. The van der Waals surface area contributed by atoms with Crippen LogP contribution in [0.5, 0.6) is 0 Å². The summed E-state index contributed by atoms with van der Waals surface area (Å²) in [4.78, 5) is 36.0. The van der Waals surface area contributed by atoms with Crippen LogP contribution in [0.2, 0.25) is 0 Å². The van der Waals surface area contributed by atoms with E-state index in [9.17, 15) is 23.2 Å². The molecular formula is C16H19ClF2N2O4. The Morgan fingerprint density at radius 3 is 2.40 bits per heavy atom. The maximum absolute atomic E-state index is 14.0. The smallest absolute Gasteiger partial charge is 0.308 e. The molecule has 2 N–H and O–H groups in total. The van der Waals surface area contributed by atoms with Gasteiger partial charge < -0.3 is 15.3 Å². The first-order valence-corrected chi connectivity index (χ1v) is 7.51. The maximum atomic E-state index is 14.0. The van der Waals surface area contributed by atoms with Crippen molar-refractivity contribution in [1.82, 2.24) is 10.2 Å². The van der Waals surface area contributed by atoms with Crippen LogP contribution in [0.25, 0.3) is 0 Å². The molecule has 2 unspecified atom stereocenters. The Hall–Kier alpha value is -2.22. The van der Waals surface area contributed by atoms with Crippen LogP contribution in [0, 0.1) is 17.6 Å². The molecule has 1 aromatic carbocycles. The number of nitrogens with zero attached hydrogens (tertiary/aromatic N) is 1. The Morgan fingerprint density at radius 1 is 1.32 bits per heavy atom. The van der Waals surface area contributed by atoms with E-state index in [1.54, 1.807) is 0 Å². The lowest BCUT2D eigenvalue weighted by atomic mass is 10.0. The second kappa shape index (κ2) is 8.75. The van der Waals surface area contributed by atoms with E-state index < -0.39 is 41.4 Å². The standard InChI is InChI=1S/C16H18F2N2O4.ClH/c1-9(21)19-13(15-11(17)3-2-4-12(15)18)7-14(22)20-6-5-10(8-20)16(23)24;/h2-4,10,13H,5-8H2,1H3,(H,19,21)(H,23,24);1H. The van der Waals surface area contributed by atoms with E-state index in [1.165, 1.54) is 17.9 Å². The average Bonchev–Trinajstić information content (AvgIpc) is 2.96. The van der Waals surface area contributed by atoms with Gasteiger partial charge in [0, 0.05) is 25.6 Å². The van der Waals surface area contributed by atoms with Crippen molar-refractivity contribution < 1.29 is 28.3 Å². The average molecular weight is 377 g/mol. The normalized spacial score (nSPS) is 17.6. The van der Waals surface area contributed by atoms with Gasteiger partial charge >= 0.3 is 5.97 Å². The molecule has 1 aliphatic heterocycles. The number of hydrogen-bond acceptors (Lipinski definition) is 3. The first-order valence-electron chi connectivity index (χ1n) is 7.51. The van der Waals surface area contributed by atoms with E-state index in [0.717, 1.165) is 12.1 Å². The Bertz CT molecular complexity index is 651. The van der Waals surface area contributed by atoms with E-state index in [2.05, 4.69) is 5.32 Å². The molecule has 0 saturated carbocycles. The van der Waals surface area contributed by atoms with Crippen LogP contribution in [0.4, 0.5) is 8.78 Å². The lowest BCUT2D eigenvalue weighted by Crippen LogP contribution is -2.36. The van der Waals surface area contributed by atoms with Gasteiger partial charge in [0.25, 0.3) is 0 Å². The third-order valence-corrected chi connectivity index (χ3v) is 3.99. The van der Waals surface area contributed by atoms with Crippen LogP contribution in [-0.2, 0) is 14.4 Å². The molecule has 0 bridgehead atoms. The Kier molecular flexibility index (Phi) is 7.29. The van der Waals surface area contributed by atoms with Gasteiger partial charge in [-0.2, -0.15) is 0 Å². The molecule has 2 atom stereocenters. The van der Waals surface area contributed by atoms with Gasteiger partial charge in [-0.25, -0.2) is 8.78 Å². The van der Waals surface area contributed by atoms with E-state index in [-0.39, 0.29) is 37.5 Å². The molecule has 1 heterocycles. The fourth-order valence-electron chi connectivity index (χ4n) is 2.81. The molecule has 0 radical (unpaired) electrons. The minimum atomic E-state index is -1.15. The van der Waals surface area contributed by atoms with Gasteiger partial charge in [-0.1, -0.05) is 6.07 Å². The van der Waals surface area contributed by atoms with E-state index in [0.29, 0.717) is 6.42 Å². The highest BCUT2D eigenvalue weighted by Gasteiger charge is 2.33. The summed E-state index contributed by atoms with van der Waals surface area (Å²) in [6.07, 6.45) is -0.0102. The van der Waals surface area contributed by atoms with Crippen LogP contribution in [0.3, 0.4) is 0 Å². The monoisotopic (exact) mass is 376 g/mol. The molecule has 1 aliphatic rings. The summed E-state index contributed by atoms with van der Waals surface area (Å²) in [5, 5.41) is 11.4. The van der Waals surface area contributed by atoms with Gasteiger partial charge in [-0.3, -0.25) is 14.4 Å². The van der Waals surface area contributed by atoms with Crippen molar-refractivity contribution in [3.8, 4) is 0 Å². The largest absolute Gasteiger partial charge is 0.481 e. The van der Waals surface area contributed by atoms with E-state index >= 15 is 0 Å². The van der Waals surface area contributed by atoms with Gasteiger partial charge in [-0.05, 0) is 18.6 Å². The van der Waals surface area contributed by atoms with Crippen molar-refractivity contribution in [1.29, 1.82) is 0 Å². The van der Waals surface area contributed by atoms with Crippen molar-refractivity contribution in [2.75, 3.05) is 13.1 Å². The van der Waals surface area contributed by atoms with Crippen molar-refractivity contribution in [3.63, 3.8) is 0 Å². The lowest BCUT2D eigenvalue weighted by Gasteiger charge is -2.22. The van der Waals surface area contributed by atoms with E-state index in [4.69, 9.17) is 5.11 Å². The highest BCUT2D eigenvalue weighted by atomic mass is 35.5. The molecule has 6 nitrogen and oxygen atoms in total. The summed E-state index contributed by atoms with van der Waals surface area (Å²) < 4.78 is 27.9. The van der Waals surface area contributed by atoms with Gasteiger partial charge in [-0.15, -0.1) is 12.4 Å². The number of aliphatic carboxylic acids is 1. The highest BCUT2D eigenvalue weighted by Crippen LogP contribution is 2.26. The van der Waals surface area contributed by atoms with Crippen molar-refractivity contribution in [2.45, 2.75) is 25.8 Å². The van der Waals surface area contributed by atoms with Gasteiger partial charge in [0.15, 0.2) is 0 Å². The minimum Gasteiger partial charge on any atom is -0.481 e. The summed E-state index contributed by atoms with van der Waals surface area (Å²) in [6, 6.07) is 2.14. The second-order valence-corrected chi connectivity index (χ2v) is 5.76. The van der Waals surface area contributed by atoms with E-state index in [1.807, 2.05) is 0 Å². The number of likely N-dealkylation sites (tertiary alicyclic amines) is 1. The molecule has 1 fully saturated rings. The number of carbonyl (C=O) groups excluding carboxylic acids is 2. The molecule has 9 heteroatoms. The van der Waals surface area contributed by atoms with Crippen molar-refractivity contribution in [3.05, 3.63) is 35.4 Å². The van der Waals surface area contributed by atoms with Crippen LogP contribution < -0.4 is 5.32 Å².